The third-order valence-electron chi connectivity index (χ3n) is 4.04. The number of rotatable bonds is 5. The van der Waals surface area contributed by atoms with Crippen molar-refractivity contribution in [1.29, 1.82) is 0 Å². The molecule has 0 saturated carbocycles. The molecule has 2 N–H and O–H groups in total. The van der Waals surface area contributed by atoms with E-state index in [0.717, 1.165) is 12.2 Å². The Labute approximate surface area is 88.9 Å². The molecular weight excluding hydrogens is 178 g/mol. The summed E-state index contributed by atoms with van der Waals surface area (Å²) in [5.41, 5.74) is 6.41. The Bertz CT molecular complexity index is 150. The molecule has 0 aromatic carbocycles. The van der Waals surface area contributed by atoms with Crippen molar-refractivity contribution < 1.29 is 0 Å². The highest BCUT2D eigenvalue weighted by molar-refractivity contribution is 7.80. The van der Waals surface area contributed by atoms with Gasteiger partial charge in [-0.05, 0) is 17.8 Å². The molecule has 0 aliphatic rings. The fraction of sp³-hybridized carbons (Fsp3) is 1.00. The predicted molar refractivity (Wildman–Crippen MR) is 64.3 cm³/mol. The van der Waals surface area contributed by atoms with E-state index < -0.39 is 0 Å². The summed E-state index contributed by atoms with van der Waals surface area (Å²) in [5, 5.41) is 0. The molecule has 2 heteroatoms. The number of nitrogens with two attached hydrogens (primary N) is 1. The second-order valence-electron chi connectivity index (χ2n) is 4.70. The van der Waals surface area contributed by atoms with Gasteiger partial charge < -0.3 is 5.73 Å². The minimum absolute atomic E-state index is 0.133. The summed E-state index contributed by atoms with van der Waals surface area (Å²) >= 11 is 4.38. The number of hydrogen-bond donors (Lipinski definition) is 2. The first-order valence-corrected chi connectivity index (χ1v) is 5.88. The Morgan fingerprint density at radius 3 is 2.00 bits per heavy atom. The molecule has 0 radical (unpaired) electrons. The maximum Gasteiger partial charge on any atom is 0.0295 e. The van der Waals surface area contributed by atoms with Gasteiger partial charge in [0.25, 0.3) is 0 Å². The predicted octanol–water partition coefficient (Wildman–Crippen LogP) is 3.10. The van der Waals surface area contributed by atoms with Crippen LogP contribution in [-0.4, -0.2) is 11.3 Å². The molecule has 0 heterocycles. The molecule has 2 unspecified atom stereocenters. The maximum atomic E-state index is 6.37. The average Bonchev–Trinajstić information content (AvgIpc) is 2.14. The van der Waals surface area contributed by atoms with Gasteiger partial charge in [0, 0.05) is 11.3 Å². The van der Waals surface area contributed by atoms with Gasteiger partial charge in [-0.1, -0.05) is 41.0 Å². The third-order valence-corrected chi connectivity index (χ3v) is 4.60. The summed E-state index contributed by atoms with van der Waals surface area (Å²) in [6, 6.07) is 0. The smallest absolute Gasteiger partial charge is 0.0295 e. The van der Waals surface area contributed by atoms with E-state index in [1.54, 1.807) is 0 Å². The largest absolute Gasteiger partial charge is 0.324 e. The van der Waals surface area contributed by atoms with Crippen molar-refractivity contribution in [1.82, 2.24) is 0 Å². The lowest BCUT2D eigenvalue weighted by Crippen LogP contribution is -2.56. The average molecular weight is 203 g/mol. The fourth-order valence-electron chi connectivity index (χ4n) is 1.77. The molecule has 80 valence electrons. The minimum Gasteiger partial charge on any atom is -0.324 e. The van der Waals surface area contributed by atoms with Gasteiger partial charge in [-0.3, -0.25) is 0 Å². The first-order valence-electron chi connectivity index (χ1n) is 5.25. The van der Waals surface area contributed by atoms with Gasteiger partial charge >= 0.3 is 0 Å². The Morgan fingerprint density at radius 1 is 1.31 bits per heavy atom. The van der Waals surface area contributed by atoms with Gasteiger partial charge in [0.15, 0.2) is 0 Å². The molecule has 0 amide bonds. The highest BCUT2D eigenvalue weighted by atomic mass is 32.1. The molecule has 0 bridgehead atoms. The van der Waals surface area contributed by atoms with Crippen molar-refractivity contribution in [3.8, 4) is 0 Å². The van der Waals surface area contributed by atoms with Gasteiger partial charge in [0.05, 0.1) is 0 Å². The van der Waals surface area contributed by atoms with Crippen molar-refractivity contribution in [3.05, 3.63) is 0 Å². The lowest BCUT2D eigenvalue weighted by Gasteiger charge is -2.46. The number of thiol groups is 1. The summed E-state index contributed by atoms with van der Waals surface area (Å²) in [4.78, 5) is 0. The first-order chi connectivity index (χ1) is 5.85. The van der Waals surface area contributed by atoms with Crippen molar-refractivity contribution in [3.63, 3.8) is 0 Å². The molecular formula is C11H25NS. The van der Waals surface area contributed by atoms with Crippen LogP contribution >= 0.6 is 12.6 Å². The topological polar surface area (TPSA) is 26.0 Å². The van der Waals surface area contributed by atoms with Gasteiger partial charge in [-0.15, -0.1) is 0 Å². The Morgan fingerprint density at radius 2 is 1.77 bits per heavy atom. The maximum absolute atomic E-state index is 6.37. The van der Waals surface area contributed by atoms with Crippen LogP contribution in [0.1, 0.15) is 47.5 Å². The van der Waals surface area contributed by atoms with Crippen molar-refractivity contribution in [2.45, 2.75) is 53.0 Å². The molecule has 2 atom stereocenters. The van der Waals surface area contributed by atoms with Crippen LogP contribution in [0.5, 0.6) is 0 Å². The van der Waals surface area contributed by atoms with Crippen LogP contribution in [-0.2, 0) is 0 Å². The first kappa shape index (κ1) is 13.3. The van der Waals surface area contributed by atoms with E-state index >= 15 is 0 Å². The van der Waals surface area contributed by atoms with Crippen LogP contribution in [0.15, 0.2) is 0 Å². The molecule has 1 nitrogen and oxygen atoms in total. The normalized spacial score (nSPS) is 19.6. The zero-order valence-corrected chi connectivity index (χ0v) is 10.6. The molecule has 0 aromatic rings. The summed E-state index contributed by atoms with van der Waals surface area (Å²) in [6.45, 7) is 11.2. The van der Waals surface area contributed by atoms with Gasteiger partial charge in [0.2, 0.25) is 0 Å². The summed E-state index contributed by atoms with van der Waals surface area (Å²) in [6.07, 6.45) is 2.17. The molecule has 0 aliphatic heterocycles. The van der Waals surface area contributed by atoms with Crippen LogP contribution in [0.3, 0.4) is 0 Å². The minimum atomic E-state index is -0.133. The van der Waals surface area contributed by atoms with Crippen LogP contribution in [0.25, 0.3) is 0 Å². The highest BCUT2D eigenvalue weighted by Crippen LogP contribution is 2.40. The Kier molecular flexibility index (Phi) is 4.81. The van der Waals surface area contributed by atoms with E-state index in [-0.39, 0.29) is 11.0 Å². The molecule has 0 aromatic heterocycles. The zero-order valence-electron chi connectivity index (χ0n) is 9.72. The lowest BCUT2D eigenvalue weighted by molar-refractivity contribution is 0.103. The van der Waals surface area contributed by atoms with Crippen molar-refractivity contribution >= 4 is 12.6 Å². The van der Waals surface area contributed by atoms with E-state index in [9.17, 15) is 0 Å². The van der Waals surface area contributed by atoms with Crippen LogP contribution < -0.4 is 5.73 Å². The van der Waals surface area contributed by atoms with E-state index in [4.69, 9.17) is 5.73 Å². The van der Waals surface area contributed by atoms with Gasteiger partial charge in [0.1, 0.15) is 0 Å². The third kappa shape index (κ3) is 2.41. The molecule has 0 fully saturated rings. The van der Waals surface area contributed by atoms with Crippen LogP contribution in [0.4, 0.5) is 0 Å². The second kappa shape index (κ2) is 4.70. The van der Waals surface area contributed by atoms with Crippen LogP contribution in [0.2, 0.25) is 0 Å². The Balaban J connectivity index is 4.76. The molecule has 0 aliphatic carbocycles. The van der Waals surface area contributed by atoms with Crippen LogP contribution in [0, 0.1) is 11.3 Å². The fourth-order valence-corrected chi connectivity index (χ4v) is 2.40. The van der Waals surface area contributed by atoms with E-state index in [1.807, 2.05) is 0 Å². The van der Waals surface area contributed by atoms with Crippen molar-refractivity contribution in [2.75, 3.05) is 5.75 Å². The molecule has 0 saturated heterocycles. The van der Waals surface area contributed by atoms with E-state index in [0.29, 0.717) is 5.92 Å². The van der Waals surface area contributed by atoms with E-state index in [1.165, 1.54) is 6.42 Å². The van der Waals surface area contributed by atoms with Crippen molar-refractivity contribution in [2.24, 2.45) is 17.1 Å². The molecule has 0 spiro atoms. The Hall–Kier alpha value is 0.310. The number of hydrogen-bond acceptors (Lipinski definition) is 2. The van der Waals surface area contributed by atoms with Gasteiger partial charge in [-0.2, -0.15) is 12.6 Å². The zero-order chi connectivity index (χ0) is 10.7. The summed E-state index contributed by atoms with van der Waals surface area (Å²) in [7, 11) is 0. The molecule has 13 heavy (non-hydrogen) atoms. The second-order valence-corrected chi connectivity index (χ2v) is 5.02. The van der Waals surface area contributed by atoms with E-state index in [2.05, 4.69) is 47.2 Å². The standard InChI is InChI=1S/C11H25NS/c1-6-9(3)10(4,5)11(12,7-2)8-13/h9,13H,6-8,12H2,1-5H3. The quantitative estimate of drug-likeness (QED) is 0.660. The van der Waals surface area contributed by atoms with Gasteiger partial charge in [-0.25, -0.2) is 0 Å². The molecule has 0 rings (SSSR count). The SMILES string of the molecule is CCC(C)C(C)(C)C(N)(CC)CS. The summed E-state index contributed by atoms with van der Waals surface area (Å²) in [5.74, 6) is 1.41. The highest BCUT2D eigenvalue weighted by Gasteiger charge is 2.42. The lowest BCUT2D eigenvalue weighted by atomic mass is 9.64. The monoisotopic (exact) mass is 203 g/mol. The summed E-state index contributed by atoms with van der Waals surface area (Å²) < 4.78 is 0.